The number of aliphatic hydroxyl groups excluding tert-OH is 1. The van der Waals surface area contributed by atoms with Crippen molar-refractivity contribution in [3.8, 4) is 0 Å². The average Bonchev–Trinajstić information content (AvgIpc) is 2.46. The quantitative estimate of drug-likeness (QED) is 0.732. The number of nitrogens with zero attached hydrogens (tertiary/aromatic N) is 1. The molecule has 2 nitrogen and oxygen atoms in total. The van der Waals surface area contributed by atoms with Crippen LogP contribution in [0.25, 0.3) is 10.2 Å². The van der Waals surface area contributed by atoms with Gasteiger partial charge in [0.05, 0.1) is 16.8 Å². The molecular formula is C8H6FNOS. The number of benzene rings is 1. The summed E-state index contributed by atoms with van der Waals surface area (Å²) in [4.78, 5) is 4.02. The number of aliphatic hydroxyl groups is 1. The Hall–Kier alpha value is -1.00. The van der Waals surface area contributed by atoms with Crippen molar-refractivity contribution in [2.24, 2.45) is 0 Å². The highest BCUT2D eigenvalue weighted by molar-refractivity contribution is 7.18. The Kier molecular flexibility index (Phi) is 1.78. The van der Waals surface area contributed by atoms with E-state index in [1.165, 1.54) is 23.5 Å². The van der Waals surface area contributed by atoms with Crippen molar-refractivity contribution in [2.75, 3.05) is 0 Å². The lowest BCUT2D eigenvalue weighted by Gasteiger charge is -1.85. The van der Waals surface area contributed by atoms with Crippen LogP contribution < -0.4 is 0 Å². The van der Waals surface area contributed by atoms with Gasteiger partial charge in [0.25, 0.3) is 0 Å². The molecule has 2 rings (SSSR count). The summed E-state index contributed by atoms with van der Waals surface area (Å²) in [6, 6.07) is 4.42. The second-order valence-corrected chi connectivity index (χ2v) is 3.49. The van der Waals surface area contributed by atoms with Crippen molar-refractivity contribution in [3.63, 3.8) is 0 Å². The Labute approximate surface area is 72.3 Å². The van der Waals surface area contributed by atoms with Crippen LogP contribution in [0.15, 0.2) is 18.2 Å². The molecule has 0 amide bonds. The molecule has 12 heavy (non-hydrogen) atoms. The van der Waals surface area contributed by atoms with Gasteiger partial charge >= 0.3 is 0 Å². The van der Waals surface area contributed by atoms with Crippen LogP contribution in [0.1, 0.15) is 5.01 Å². The first-order chi connectivity index (χ1) is 5.79. The SMILES string of the molecule is OCc1nc2cc(F)ccc2s1. The lowest BCUT2D eigenvalue weighted by atomic mass is 10.3. The molecule has 62 valence electrons. The molecule has 2 aromatic rings. The fraction of sp³-hybridized carbons (Fsp3) is 0.125. The molecule has 0 unspecified atom stereocenters. The first kappa shape index (κ1) is 7.64. The number of hydrogen-bond donors (Lipinski definition) is 1. The van der Waals surface area contributed by atoms with Crippen LogP contribution in [0.5, 0.6) is 0 Å². The molecule has 0 atom stereocenters. The Bertz CT molecular complexity index is 412. The predicted molar refractivity (Wildman–Crippen MR) is 45.5 cm³/mol. The highest BCUT2D eigenvalue weighted by Crippen LogP contribution is 2.22. The highest BCUT2D eigenvalue weighted by atomic mass is 32.1. The average molecular weight is 183 g/mol. The number of fused-ring (bicyclic) bond motifs is 1. The minimum absolute atomic E-state index is 0.0824. The van der Waals surface area contributed by atoms with Crippen molar-refractivity contribution < 1.29 is 9.50 Å². The van der Waals surface area contributed by atoms with E-state index in [0.29, 0.717) is 10.5 Å². The van der Waals surface area contributed by atoms with Gasteiger partial charge in [0.1, 0.15) is 10.8 Å². The number of hydrogen-bond acceptors (Lipinski definition) is 3. The van der Waals surface area contributed by atoms with E-state index in [4.69, 9.17) is 5.11 Å². The van der Waals surface area contributed by atoms with Crippen LogP contribution in [-0.2, 0) is 6.61 Å². The van der Waals surface area contributed by atoms with E-state index in [2.05, 4.69) is 4.98 Å². The van der Waals surface area contributed by atoms with Crippen LogP contribution in [0.2, 0.25) is 0 Å². The number of thiazole rings is 1. The molecule has 0 bridgehead atoms. The maximum atomic E-state index is 12.7. The van der Waals surface area contributed by atoms with Gasteiger partial charge in [-0.25, -0.2) is 9.37 Å². The van der Waals surface area contributed by atoms with Gasteiger partial charge in [0, 0.05) is 6.07 Å². The monoisotopic (exact) mass is 183 g/mol. The minimum atomic E-state index is -0.294. The van der Waals surface area contributed by atoms with Crippen molar-refractivity contribution in [1.29, 1.82) is 0 Å². The van der Waals surface area contributed by atoms with Crippen LogP contribution in [-0.4, -0.2) is 10.1 Å². The fourth-order valence-corrected chi connectivity index (χ4v) is 1.82. The maximum Gasteiger partial charge on any atom is 0.125 e. The third kappa shape index (κ3) is 1.19. The molecule has 0 saturated carbocycles. The molecule has 0 aliphatic heterocycles. The van der Waals surface area contributed by atoms with E-state index in [9.17, 15) is 4.39 Å². The van der Waals surface area contributed by atoms with Crippen LogP contribution in [0.3, 0.4) is 0 Å². The zero-order chi connectivity index (χ0) is 8.55. The van der Waals surface area contributed by atoms with Crippen molar-refractivity contribution >= 4 is 21.6 Å². The summed E-state index contributed by atoms with van der Waals surface area (Å²) in [5.74, 6) is -0.294. The van der Waals surface area contributed by atoms with Gasteiger partial charge < -0.3 is 5.11 Å². The number of halogens is 1. The summed E-state index contributed by atoms with van der Waals surface area (Å²) >= 11 is 1.38. The zero-order valence-electron chi connectivity index (χ0n) is 6.12. The topological polar surface area (TPSA) is 33.1 Å². The van der Waals surface area contributed by atoms with Gasteiger partial charge in [0.2, 0.25) is 0 Å². The molecule has 0 aliphatic carbocycles. The molecule has 1 heterocycles. The molecule has 4 heteroatoms. The summed E-state index contributed by atoms with van der Waals surface area (Å²) in [7, 11) is 0. The Balaban J connectivity index is 2.67. The van der Waals surface area contributed by atoms with Gasteiger partial charge in [-0.2, -0.15) is 0 Å². The third-order valence-corrected chi connectivity index (χ3v) is 2.55. The highest BCUT2D eigenvalue weighted by Gasteiger charge is 2.02. The van der Waals surface area contributed by atoms with Gasteiger partial charge in [-0.3, -0.25) is 0 Å². The minimum Gasteiger partial charge on any atom is -0.389 e. The van der Waals surface area contributed by atoms with Gasteiger partial charge in [0.15, 0.2) is 0 Å². The van der Waals surface area contributed by atoms with Crippen molar-refractivity contribution in [1.82, 2.24) is 4.98 Å². The molecule has 0 spiro atoms. The molecular weight excluding hydrogens is 177 g/mol. The summed E-state index contributed by atoms with van der Waals surface area (Å²) in [6.45, 7) is -0.0824. The molecule has 0 fully saturated rings. The van der Waals surface area contributed by atoms with Crippen molar-refractivity contribution in [2.45, 2.75) is 6.61 Å². The largest absolute Gasteiger partial charge is 0.389 e. The summed E-state index contributed by atoms with van der Waals surface area (Å²) < 4.78 is 13.6. The molecule has 1 aromatic heterocycles. The lowest BCUT2D eigenvalue weighted by Crippen LogP contribution is -1.78. The van der Waals surface area contributed by atoms with E-state index in [1.54, 1.807) is 6.07 Å². The Morgan fingerprint density at radius 3 is 3.08 bits per heavy atom. The summed E-state index contributed by atoms with van der Waals surface area (Å²) in [6.07, 6.45) is 0. The van der Waals surface area contributed by atoms with Crippen LogP contribution in [0.4, 0.5) is 4.39 Å². The van der Waals surface area contributed by atoms with Gasteiger partial charge in [-0.1, -0.05) is 0 Å². The predicted octanol–water partition coefficient (Wildman–Crippen LogP) is 1.93. The normalized spacial score (nSPS) is 10.8. The Morgan fingerprint density at radius 2 is 2.33 bits per heavy atom. The standard InChI is InChI=1S/C8H6FNOS/c9-5-1-2-7-6(3-5)10-8(4-11)12-7/h1-3,11H,4H2. The van der Waals surface area contributed by atoms with Crippen LogP contribution >= 0.6 is 11.3 Å². The third-order valence-electron chi connectivity index (χ3n) is 1.53. The maximum absolute atomic E-state index is 12.7. The molecule has 0 aliphatic rings. The van der Waals surface area contributed by atoms with E-state index in [1.807, 2.05) is 0 Å². The molecule has 1 aromatic carbocycles. The van der Waals surface area contributed by atoms with E-state index in [-0.39, 0.29) is 12.4 Å². The van der Waals surface area contributed by atoms with Gasteiger partial charge in [-0.05, 0) is 12.1 Å². The molecule has 0 saturated heterocycles. The second-order valence-electron chi connectivity index (χ2n) is 2.38. The lowest BCUT2D eigenvalue weighted by molar-refractivity contribution is 0.281. The summed E-state index contributed by atoms with van der Waals surface area (Å²) in [5, 5.41) is 9.38. The van der Waals surface area contributed by atoms with E-state index < -0.39 is 0 Å². The zero-order valence-corrected chi connectivity index (χ0v) is 6.94. The van der Waals surface area contributed by atoms with Crippen molar-refractivity contribution in [3.05, 3.63) is 29.0 Å². The molecule has 1 N–H and O–H groups in total. The second kappa shape index (κ2) is 2.80. The first-order valence-corrected chi connectivity index (χ1v) is 4.27. The Morgan fingerprint density at radius 1 is 1.50 bits per heavy atom. The fourth-order valence-electron chi connectivity index (χ4n) is 1.02. The van der Waals surface area contributed by atoms with E-state index in [0.717, 1.165) is 4.70 Å². The van der Waals surface area contributed by atoms with E-state index >= 15 is 0 Å². The smallest absolute Gasteiger partial charge is 0.125 e. The number of rotatable bonds is 1. The van der Waals surface area contributed by atoms with Gasteiger partial charge in [-0.15, -0.1) is 11.3 Å². The van der Waals surface area contributed by atoms with Crippen LogP contribution in [0, 0.1) is 5.82 Å². The molecule has 0 radical (unpaired) electrons. The number of aromatic nitrogens is 1. The summed E-state index contributed by atoms with van der Waals surface area (Å²) in [5.41, 5.74) is 0.615. The first-order valence-electron chi connectivity index (χ1n) is 3.45.